The van der Waals surface area contributed by atoms with Crippen LogP contribution in [-0.2, 0) is 4.74 Å². The molecule has 2 N–H and O–H groups in total. The Hall–Kier alpha value is -4.42. The molecule has 0 saturated heterocycles. The van der Waals surface area contributed by atoms with Crippen LogP contribution in [0.4, 0.5) is 5.69 Å². The molecule has 7 heteroatoms. The number of unbranched alkanes of at least 4 members (excludes halogenated alkanes) is 1. The SMILES string of the molecule is C/C=C(/C)OC(CCCCNC(=O)c1ccc(NC(=O)c2cc(-c3ccccc3Cl)nc3c(C)cc(C)cc23)cc1)=C(C)C. The minimum Gasteiger partial charge on any atom is -0.467 e. The molecule has 6 nitrogen and oxygen atoms in total. The number of amides is 2. The molecule has 44 heavy (non-hydrogen) atoms. The molecular formula is C37H40ClN3O3. The lowest BCUT2D eigenvalue weighted by molar-refractivity contribution is 0.0952. The summed E-state index contributed by atoms with van der Waals surface area (Å²) in [6, 6.07) is 20.2. The van der Waals surface area contributed by atoms with Gasteiger partial charge in [0.2, 0.25) is 0 Å². The number of hydrogen-bond donors (Lipinski definition) is 2. The van der Waals surface area contributed by atoms with E-state index in [9.17, 15) is 9.59 Å². The molecule has 0 unspecified atom stereocenters. The predicted molar refractivity (Wildman–Crippen MR) is 181 cm³/mol. The number of aromatic nitrogens is 1. The van der Waals surface area contributed by atoms with Crippen molar-refractivity contribution in [3.8, 4) is 11.3 Å². The first-order chi connectivity index (χ1) is 21.1. The van der Waals surface area contributed by atoms with Gasteiger partial charge in [0.1, 0.15) is 5.76 Å². The second kappa shape index (κ2) is 14.8. The molecule has 228 valence electrons. The number of anilines is 1. The van der Waals surface area contributed by atoms with Gasteiger partial charge in [-0.25, -0.2) is 4.98 Å². The van der Waals surface area contributed by atoms with Crippen LogP contribution in [-0.4, -0.2) is 23.3 Å². The van der Waals surface area contributed by atoms with Gasteiger partial charge in [-0.05, 0) is 114 Å². The van der Waals surface area contributed by atoms with Gasteiger partial charge >= 0.3 is 0 Å². The fraction of sp³-hybridized carbons (Fsp3) is 0.270. The number of hydrogen-bond acceptors (Lipinski definition) is 4. The highest BCUT2D eigenvalue weighted by molar-refractivity contribution is 6.33. The lowest BCUT2D eigenvalue weighted by Gasteiger charge is -2.14. The van der Waals surface area contributed by atoms with Gasteiger partial charge in [0, 0.05) is 40.2 Å². The second-order valence-electron chi connectivity index (χ2n) is 11.2. The average molecular weight is 610 g/mol. The molecule has 0 aliphatic rings. The van der Waals surface area contributed by atoms with E-state index in [1.165, 1.54) is 0 Å². The van der Waals surface area contributed by atoms with Crippen molar-refractivity contribution in [2.75, 3.05) is 11.9 Å². The summed E-state index contributed by atoms with van der Waals surface area (Å²) in [6.45, 7) is 12.6. The van der Waals surface area contributed by atoms with Crippen LogP contribution < -0.4 is 10.6 Å². The fourth-order valence-electron chi connectivity index (χ4n) is 4.95. The van der Waals surface area contributed by atoms with Crippen molar-refractivity contribution in [2.24, 2.45) is 0 Å². The third-order valence-corrected chi connectivity index (χ3v) is 7.74. The molecular weight excluding hydrogens is 570 g/mol. The molecule has 2 amide bonds. The van der Waals surface area contributed by atoms with Crippen LogP contribution in [0.3, 0.4) is 0 Å². The van der Waals surface area contributed by atoms with Crippen LogP contribution in [0.5, 0.6) is 0 Å². The number of carbonyl (C=O) groups excluding carboxylic acids is 2. The Bertz CT molecular complexity index is 1740. The number of fused-ring (bicyclic) bond motifs is 1. The summed E-state index contributed by atoms with van der Waals surface area (Å²) >= 11 is 6.49. The van der Waals surface area contributed by atoms with Crippen LogP contribution in [0.25, 0.3) is 22.2 Å². The topological polar surface area (TPSA) is 80.3 Å². The number of nitrogens with zero attached hydrogens (tertiary/aromatic N) is 1. The first kappa shape index (κ1) is 32.5. The number of nitrogens with one attached hydrogen (secondary N) is 2. The van der Waals surface area contributed by atoms with Crippen molar-refractivity contribution in [2.45, 2.75) is 60.8 Å². The monoisotopic (exact) mass is 609 g/mol. The molecule has 4 rings (SSSR count). The summed E-state index contributed by atoms with van der Waals surface area (Å²) in [7, 11) is 0. The van der Waals surface area contributed by atoms with Crippen LogP contribution in [0.2, 0.25) is 5.02 Å². The van der Waals surface area contributed by atoms with Gasteiger partial charge < -0.3 is 15.4 Å². The number of aryl methyl sites for hydroxylation is 2. The molecule has 4 aromatic rings. The van der Waals surface area contributed by atoms with Gasteiger partial charge in [0.25, 0.3) is 11.8 Å². The summed E-state index contributed by atoms with van der Waals surface area (Å²) < 4.78 is 5.90. The van der Waals surface area contributed by atoms with E-state index in [0.717, 1.165) is 63.9 Å². The molecule has 1 heterocycles. The summed E-state index contributed by atoms with van der Waals surface area (Å²) in [5.41, 5.74) is 6.94. The Morgan fingerprint density at radius 1 is 0.932 bits per heavy atom. The standard InChI is InChI=1S/C37H40ClN3O3/c1-7-26(6)44-34(23(2)3)14-10-11-19-39-36(42)27-15-17-28(18-16-27)40-37(43)31-22-33(29-12-8-9-13-32(29)38)41-35-25(5)20-24(4)21-30(31)35/h7-9,12-13,15-18,20-22H,10-11,14,19H2,1-6H3,(H,39,42)(H,40,43)/b26-7-. The lowest BCUT2D eigenvalue weighted by atomic mass is 9.99. The molecule has 0 aliphatic heterocycles. The van der Waals surface area contributed by atoms with Crippen molar-refractivity contribution < 1.29 is 14.3 Å². The van der Waals surface area contributed by atoms with Gasteiger partial charge in [-0.1, -0.05) is 41.4 Å². The average Bonchev–Trinajstić information content (AvgIpc) is 3.00. The normalized spacial score (nSPS) is 11.3. The number of rotatable bonds is 11. The van der Waals surface area contributed by atoms with E-state index in [0.29, 0.717) is 34.1 Å². The van der Waals surface area contributed by atoms with Crippen molar-refractivity contribution in [3.05, 3.63) is 117 Å². The Labute approximate surface area is 265 Å². The van der Waals surface area contributed by atoms with Crippen LogP contribution in [0.1, 0.15) is 78.8 Å². The number of allylic oxidation sites excluding steroid dienone is 4. The molecule has 0 aliphatic carbocycles. The minimum atomic E-state index is -0.266. The van der Waals surface area contributed by atoms with Crippen molar-refractivity contribution in [1.82, 2.24) is 10.3 Å². The first-order valence-electron chi connectivity index (χ1n) is 14.9. The van der Waals surface area contributed by atoms with Gasteiger partial charge in [-0.3, -0.25) is 9.59 Å². The van der Waals surface area contributed by atoms with E-state index < -0.39 is 0 Å². The highest BCUT2D eigenvalue weighted by Crippen LogP contribution is 2.32. The van der Waals surface area contributed by atoms with E-state index in [1.54, 1.807) is 30.3 Å². The van der Waals surface area contributed by atoms with Gasteiger partial charge in [-0.15, -0.1) is 0 Å². The Kier molecular flexibility index (Phi) is 11.0. The maximum absolute atomic E-state index is 13.6. The lowest BCUT2D eigenvalue weighted by Crippen LogP contribution is -2.24. The molecule has 0 fully saturated rings. The maximum atomic E-state index is 13.6. The van der Waals surface area contributed by atoms with E-state index >= 15 is 0 Å². The number of benzene rings is 3. The van der Waals surface area contributed by atoms with Crippen molar-refractivity contribution in [3.63, 3.8) is 0 Å². The first-order valence-corrected chi connectivity index (χ1v) is 15.3. The summed E-state index contributed by atoms with van der Waals surface area (Å²) in [4.78, 5) is 31.3. The number of halogens is 1. The number of carbonyl (C=O) groups is 2. The van der Waals surface area contributed by atoms with Crippen molar-refractivity contribution in [1.29, 1.82) is 0 Å². The molecule has 0 spiro atoms. The van der Waals surface area contributed by atoms with E-state index in [1.807, 2.05) is 78.0 Å². The van der Waals surface area contributed by atoms with Crippen LogP contribution >= 0.6 is 11.6 Å². The smallest absolute Gasteiger partial charge is 0.256 e. The van der Waals surface area contributed by atoms with Crippen LogP contribution in [0, 0.1) is 13.8 Å². The highest BCUT2D eigenvalue weighted by Gasteiger charge is 2.17. The minimum absolute atomic E-state index is 0.151. The molecule has 0 bridgehead atoms. The molecule has 0 atom stereocenters. The third-order valence-electron chi connectivity index (χ3n) is 7.41. The molecule has 0 radical (unpaired) electrons. The summed E-state index contributed by atoms with van der Waals surface area (Å²) in [5, 5.41) is 7.31. The maximum Gasteiger partial charge on any atom is 0.256 e. The van der Waals surface area contributed by atoms with Gasteiger partial charge in [0.15, 0.2) is 0 Å². The summed E-state index contributed by atoms with van der Waals surface area (Å²) in [6.07, 6.45) is 4.51. The quantitative estimate of drug-likeness (QED) is 0.131. The molecule has 3 aromatic carbocycles. The van der Waals surface area contributed by atoms with E-state index in [4.69, 9.17) is 21.3 Å². The second-order valence-corrected chi connectivity index (χ2v) is 11.6. The van der Waals surface area contributed by atoms with Gasteiger partial charge in [-0.2, -0.15) is 0 Å². The zero-order valence-corrected chi connectivity index (χ0v) is 27.1. The van der Waals surface area contributed by atoms with E-state index in [2.05, 4.69) is 16.7 Å². The Morgan fingerprint density at radius 3 is 2.34 bits per heavy atom. The van der Waals surface area contributed by atoms with E-state index in [-0.39, 0.29) is 11.8 Å². The van der Waals surface area contributed by atoms with Crippen molar-refractivity contribution >= 4 is 40.0 Å². The number of ether oxygens (including phenoxy) is 1. The Balaban J connectivity index is 1.42. The molecule has 0 saturated carbocycles. The zero-order chi connectivity index (χ0) is 31.8. The highest BCUT2D eigenvalue weighted by atomic mass is 35.5. The zero-order valence-electron chi connectivity index (χ0n) is 26.3. The third kappa shape index (κ3) is 8.14. The summed E-state index contributed by atoms with van der Waals surface area (Å²) in [5.74, 6) is 1.45. The van der Waals surface area contributed by atoms with Crippen LogP contribution in [0.15, 0.2) is 89.9 Å². The van der Waals surface area contributed by atoms with Gasteiger partial charge in [0.05, 0.1) is 22.5 Å². The number of pyridine rings is 1. The molecule has 1 aromatic heterocycles. The predicted octanol–water partition coefficient (Wildman–Crippen LogP) is 9.56. The fourth-order valence-corrected chi connectivity index (χ4v) is 5.18. The largest absolute Gasteiger partial charge is 0.467 e. The Morgan fingerprint density at radius 2 is 1.66 bits per heavy atom.